The van der Waals surface area contributed by atoms with Crippen LogP contribution < -0.4 is 9.46 Å². The number of nitrogens with zero attached hydrogens (tertiary/aromatic N) is 5. The topological polar surface area (TPSA) is 95.3 Å². The number of hydrogen-bond acceptors (Lipinski definition) is 9. The van der Waals surface area contributed by atoms with E-state index >= 15 is 0 Å². The van der Waals surface area contributed by atoms with Gasteiger partial charge in [-0.25, -0.2) is 9.97 Å². The van der Waals surface area contributed by atoms with Crippen LogP contribution in [0, 0.1) is 0 Å². The lowest BCUT2D eigenvalue weighted by Gasteiger charge is -2.36. The number of benzene rings is 1. The van der Waals surface area contributed by atoms with Gasteiger partial charge in [0, 0.05) is 61.2 Å². The lowest BCUT2D eigenvalue weighted by molar-refractivity contribution is 0.0992. The molecule has 5 rings (SSSR count). The van der Waals surface area contributed by atoms with Gasteiger partial charge in [-0.3, -0.25) is 14.9 Å². The van der Waals surface area contributed by atoms with Crippen molar-refractivity contribution in [3.8, 4) is 28.5 Å². The third kappa shape index (κ3) is 5.00. The molecule has 4 heterocycles. The molecule has 0 radical (unpaired) electrons. The largest absolute Gasteiger partial charge is 0.480 e. The Bertz CT molecular complexity index is 1290. The van der Waals surface area contributed by atoms with E-state index < -0.39 is 0 Å². The summed E-state index contributed by atoms with van der Waals surface area (Å²) in [6, 6.07) is 6.77. The molecular formula is C25H31N7O2S. The number of fused-ring (bicyclic) bond motifs is 1. The lowest BCUT2D eigenvalue weighted by Crippen LogP contribution is -2.48. The van der Waals surface area contributed by atoms with E-state index in [4.69, 9.17) is 9.15 Å². The van der Waals surface area contributed by atoms with Crippen molar-refractivity contribution in [1.82, 2.24) is 30.0 Å². The van der Waals surface area contributed by atoms with E-state index in [0.717, 1.165) is 71.8 Å². The molecule has 3 aromatic heterocycles. The molecule has 1 aromatic carbocycles. The second-order valence-electron chi connectivity index (χ2n) is 8.98. The van der Waals surface area contributed by atoms with E-state index in [1.807, 2.05) is 30.9 Å². The molecule has 4 aromatic rings. The van der Waals surface area contributed by atoms with Crippen molar-refractivity contribution in [1.29, 1.82) is 0 Å². The Kier molecular flexibility index (Phi) is 6.94. The highest BCUT2D eigenvalue weighted by Crippen LogP contribution is 2.35. The number of pyridine rings is 1. The SMILES string of the molecule is COc1ncc(-c2cc(-c3ncc(CN4CCN(C(C)C)CC4)o3)c3cn[nH]c3c2)cc1NSC. The van der Waals surface area contributed by atoms with Crippen molar-refractivity contribution >= 4 is 28.5 Å². The standard InChI is InChI=1S/C25H31N7O2S/c1-16(2)32-7-5-31(6-8-32)15-19-13-27-24(34-19)20-9-17(10-22-21(20)14-28-29-22)18-11-23(30-35-4)25(33-3)26-12-18/h9-14,16,30H,5-8,15H2,1-4H3,(H,28,29). The fourth-order valence-electron chi connectivity index (χ4n) is 4.51. The molecule has 0 amide bonds. The van der Waals surface area contributed by atoms with Crippen LogP contribution in [0.25, 0.3) is 33.5 Å². The first kappa shape index (κ1) is 23.7. The summed E-state index contributed by atoms with van der Waals surface area (Å²) in [5.74, 6) is 2.02. The maximum absolute atomic E-state index is 6.25. The second-order valence-corrected chi connectivity index (χ2v) is 9.59. The van der Waals surface area contributed by atoms with E-state index in [-0.39, 0.29) is 0 Å². The van der Waals surface area contributed by atoms with Crippen LogP contribution in [0.2, 0.25) is 0 Å². The maximum atomic E-state index is 6.25. The van der Waals surface area contributed by atoms with Gasteiger partial charge in [-0.05, 0) is 37.6 Å². The van der Waals surface area contributed by atoms with Gasteiger partial charge in [0.15, 0.2) is 0 Å². The molecular weight excluding hydrogens is 462 g/mol. The molecule has 35 heavy (non-hydrogen) atoms. The number of aromatic nitrogens is 4. The summed E-state index contributed by atoms with van der Waals surface area (Å²) < 4.78 is 14.9. The molecule has 1 aliphatic heterocycles. The van der Waals surface area contributed by atoms with Gasteiger partial charge in [0.2, 0.25) is 11.8 Å². The average molecular weight is 494 g/mol. The Balaban J connectivity index is 1.42. The number of methoxy groups -OCH3 is 1. The van der Waals surface area contributed by atoms with Crippen LogP contribution in [0.5, 0.6) is 5.88 Å². The lowest BCUT2D eigenvalue weighted by atomic mass is 10.0. The minimum absolute atomic E-state index is 0.553. The quantitative estimate of drug-likeness (QED) is 0.344. The van der Waals surface area contributed by atoms with Crippen LogP contribution >= 0.6 is 11.9 Å². The van der Waals surface area contributed by atoms with Gasteiger partial charge in [-0.15, -0.1) is 0 Å². The van der Waals surface area contributed by atoms with E-state index in [1.165, 1.54) is 11.9 Å². The molecule has 0 unspecified atom stereocenters. The molecule has 1 aliphatic rings. The van der Waals surface area contributed by atoms with Crippen molar-refractivity contribution in [2.24, 2.45) is 0 Å². The number of hydrogen-bond donors (Lipinski definition) is 2. The van der Waals surface area contributed by atoms with Gasteiger partial charge in [0.05, 0.1) is 31.6 Å². The number of piperazine rings is 1. The zero-order valence-corrected chi connectivity index (χ0v) is 21.4. The van der Waals surface area contributed by atoms with Crippen molar-refractivity contribution in [2.45, 2.75) is 26.4 Å². The van der Waals surface area contributed by atoms with Crippen LogP contribution in [0.1, 0.15) is 19.6 Å². The number of H-pyrrole nitrogens is 1. The minimum atomic E-state index is 0.553. The first-order chi connectivity index (χ1) is 17.1. The summed E-state index contributed by atoms with van der Waals surface area (Å²) >= 11 is 1.49. The van der Waals surface area contributed by atoms with Crippen LogP contribution in [-0.4, -0.2) is 75.6 Å². The molecule has 184 valence electrons. The molecule has 2 N–H and O–H groups in total. The molecule has 1 saturated heterocycles. The van der Waals surface area contributed by atoms with E-state index in [2.05, 4.69) is 60.7 Å². The van der Waals surface area contributed by atoms with Gasteiger partial charge in [-0.2, -0.15) is 5.10 Å². The van der Waals surface area contributed by atoms with Crippen molar-refractivity contribution < 1.29 is 9.15 Å². The molecule has 9 nitrogen and oxygen atoms in total. The van der Waals surface area contributed by atoms with Gasteiger partial charge >= 0.3 is 0 Å². The average Bonchev–Trinajstić information content (AvgIpc) is 3.53. The number of nitrogens with one attached hydrogen (secondary N) is 2. The van der Waals surface area contributed by atoms with E-state index in [0.29, 0.717) is 17.8 Å². The third-order valence-electron chi connectivity index (χ3n) is 6.45. The Morgan fingerprint density at radius 2 is 1.91 bits per heavy atom. The summed E-state index contributed by atoms with van der Waals surface area (Å²) in [6.45, 7) is 9.51. The van der Waals surface area contributed by atoms with Crippen LogP contribution in [0.15, 0.2) is 41.2 Å². The summed E-state index contributed by atoms with van der Waals surface area (Å²) in [7, 11) is 1.62. The van der Waals surface area contributed by atoms with Crippen molar-refractivity contribution in [3.63, 3.8) is 0 Å². The van der Waals surface area contributed by atoms with Crippen molar-refractivity contribution in [2.75, 3.05) is 44.3 Å². The predicted molar refractivity (Wildman–Crippen MR) is 140 cm³/mol. The van der Waals surface area contributed by atoms with Crippen LogP contribution in [-0.2, 0) is 6.54 Å². The minimum Gasteiger partial charge on any atom is -0.480 e. The number of rotatable bonds is 8. The number of anilines is 1. The maximum Gasteiger partial charge on any atom is 0.237 e. The summed E-state index contributed by atoms with van der Waals surface area (Å²) in [6.07, 6.45) is 7.43. The highest BCUT2D eigenvalue weighted by atomic mass is 32.2. The highest BCUT2D eigenvalue weighted by Gasteiger charge is 2.21. The van der Waals surface area contributed by atoms with Gasteiger partial charge in [0.1, 0.15) is 11.4 Å². The molecule has 10 heteroatoms. The van der Waals surface area contributed by atoms with Crippen molar-refractivity contribution in [3.05, 3.63) is 42.5 Å². The second kappa shape index (κ2) is 10.3. The first-order valence-electron chi connectivity index (χ1n) is 11.8. The van der Waals surface area contributed by atoms with E-state index in [9.17, 15) is 0 Å². The zero-order chi connectivity index (χ0) is 24.4. The smallest absolute Gasteiger partial charge is 0.237 e. The fraction of sp³-hybridized carbons (Fsp3) is 0.400. The van der Waals surface area contributed by atoms with E-state index in [1.54, 1.807) is 7.11 Å². The Morgan fingerprint density at radius 3 is 2.66 bits per heavy atom. The highest BCUT2D eigenvalue weighted by molar-refractivity contribution is 7.99. The molecule has 0 spiro atoms. The summed E-state index contributed by atoms with van der Waals surface area (Å²) in [5.41, 5.74) is 4.57. The van der Waals surface area contributed by atoms with Crippen LogP contribution in [0.3, 0.4) is 0 Å². The van der Waals surface area contributed by atoms with Gasteiger partial charge in [0.25, 0.3) is 0 Å². The summed E-state index contributed by atoms with van der Waals surface area (Å²) in [4.78, 5) is 14.1. The molecule has 1 fully saturated rings. The summed E-state index contributed by atoms with van der Waals surface area (Å²) in [5, 5.41) is 8.32. The van der Waals surface area contributed by atoms with Gasteiger partial charge < -0.3 is 13.9 Å². The molecule has 0 aliphatic carbocycles. The fourth-order valence-corrected chi connectivity index (χ4v) is 4.88. The zero-order valence-electron chi connectivity index (χ0n) is 20.5. The molecule has 0 atom stereocenters. The Hall–Kier alpha value is -3.08. The Morgan fingerprint density at radius 1 is 1.09 bits per heavy atom. The normalized spacial score (nSPS) is 15.2. The number of aromatic amines is 1. The predicted octanol–water partition coefficient (Wildman–Crippen LogP) is 4.50. The number of oxazole rings is 1. The Labute approximate surface area is 209 Å². The molecule has 0 bridgehead atoms. The monoisotopic (exact) mass is 493 g/mol. The first-order valence-corrected chi connectivity index (χ1v) is 13.0. The molecule has 0 saturated carbocycles. The van der Waals surface area contributed by atoms with Gasteiger partial charge in [-0.1, -0.05) is 11.9 Å². The number of ether oxygens (including phenoxy) is 1. The van der Waals surface area contributed by atoms with Crippen LogP contribution in [0.4, 0.5) is 5.69 Å². The third-order valence-corrected chi connectivity index (χ3v) is 6.87.